The van der Waals surface area contributed by atoms with Crippen LogP contribution in [0.4, 0.5) is 5.13 Å². The van der Waals surface area contributed by atoms with Gasteiger partial charge in [0.2, 0.25) is 16.7 Å². The first-order valence-corrected chi connectivity index (χ1v) is 15.4. The van der Waals surface area contributed by atoms with Crippen LogP contribution in [0.15, 0.2) is 33.7 Å². The Labute approximate surface area is 249 Å². The highest BCUT2D eigenvalue weighted by Gasteiger charge is 2.54. The molecule has 0 saturated carbocycles. The summed E-state index contributed by atoms with van der Waals surface area (Å²) in [4.78, 5) is 60.3. The number of tetrazole rings is 1. The van der Waals surface area contributed by atoms with E-state index in [1.807, 2.05) is 12.2 Å². The molecule has 0 radical (unpaired) electrons. The number of nitrogens with two attached hydrogens (primary N) is 1. The highest BCUT2D eigenvalue weighted by atomic mass is 32.2. The Hall–Kier alpha value is -4.04. The molecule has 2 aromatic rings. The number of fused-ring (bicyclic) bond motifs is 1. The largest absolute Gasteiger partial charge is 0.481 e. The van der Waals surface area contributed by atoms with Crippen molar-refractivity contribution in [3.8, 4) is 0 Å². The van der Waals surface area contributed by atoms with Gasteiger partial charge in [-0.2, -0.15) is 9.36 Å². The van der Waals surface area contributed by atoms with Crippen molar-refractivity contribution in [2.45, 2.75) is 54.9 Å². The molecule has 0 bridgehead atoms. The van der Waals surface area contributed by atoms with Crippen LogP contribution in [0.3, 0.4) is 0 Å². The summed E-state index contributed by atoms with van der Waals surface area (Å²) < 4.78 is 5.37. The first kappa shape index (κ1) is 29.5. The van der Waals surface area contributed by atoms with Gasteiger partial charge in [-0.15, -0.1) is 16.9 Å². The molecule has 0 spiro atoms. The lowest BCUT2D eigenvalue weighted by atomic mass is 10.0. The zero-order valence-corrected chi connectivity index (χ0v) is 24.1. The Morgan fingerprint density at radius 2 is 2.14 bits per heavy atom. The summed E-state index contributed by atoms with van der Waals surface area (Å²) in [6.45, 7) is 0.0506. The smallest absolute Gasteiger partial charge is 0.352 e. The Morgan fingerprint density at radius 1 is 1.31 bits per heavy atom. The van der Waals surface area contributed by atoms with Crippen molar-refractivity contribution < 1.29 is 34.2 Å². The van der Waals surface area contributed by atoms with Crippen molar-refractivity contribution in [2.24, 2.45) is 5.16 Å². The number of carbonyl (C=O) groups excluding carboxylic acids is 2. The lowest BCUT2D eigenvalue weighted by Crippen LogP contribution is -2.71. The molecule has 42 heavy (non-hydrogen) atoms. The van der Waals surface area contributed by atoms with Crippen LogP contribution in [0.2, 0.25) is 0 Å². The number of nitrogen functional groups attached to an aromatic ring is 1. The van der Waals surface area contributed by atoms with Crippen molar-refractivity contribution in [1.82, 2.24) is 39.8 Å². The predicted octanol–water partition coefficient (Wildman–Crippen LogP) is -0.0582. The maximum atomic E-state index is 13.3. The zero-order chi connectivity index (χ0) is 29.8. The van der Waals surface area contributed by atoms with Gasteiger partial charge in [-0.3, -0.25) is 19.3 Å². The third-order valence-corrected chi connectivity index (χ3v) is 9.23. The van der Waals surface area contributed by atoms with Gasteiger partial charge in [-0.05, 0) is 41.3 Å². The second-order valence-corrected chi connectivity index (χ2v) is 12.0. The van der Waals surface area contributed by atoms with Crippen LogP contribution in [0.1, 0.15) is 31.5 Å². The summed E-state index contributed by atoms with van der Waals surface area (Å²) in [7, 11) is 0. The summed E-state index contributed by atoms with van der Waals surface area (Å²) >= 11 is 3.29. The standard InChI is InChI=1S/C22H24N10O7S3/c23-21-25-16(28-42-21)13(27-39-11-4-2-1-3-5-11)17(35)24-14-18(36)32-15(20(37)38)10(8-40-19(14)32)9-41-22-26-29-30-31(22)7-6-12(33)34/h2,4,11,14,19H,1,3,5-9H2,(H,24,35)(H,33,34)(H,37,38)(H2,23,25,28)/t11?,14?,19-/m1/s1. The molecule has 1 aliphatic carbocycles. The monoisotopic (exact) mass is 636 g/mol. The van der Waals surface area contributed by atoms with E-state index < -0.39 is 35.2 Å². The normalized spacial score (nSPS) is 22.0. The maximum Gasteiger partial charge on any atom is 0.352 e. The van der Waals surface area contributed by atoms with E-state index in [1.54, 1.807) is 0 Å². The lowest BCUT2D eigenvalue weighted by Gasteiger charge is -2.49. The number of β-lactam (4-membered cyclic amide) rings is 1. The van der Waals surface area contributed by atoms with Crippen molar-refractivity contribution >= 4 is 69.7 Å². The molecule has 1 fully saturated rings. The van der Waals surface area contributed by atoms with E-state index in [-0.39, 0.29) is 52.9 Å². The molecule has 4 heterocycles. The SMILES string of the molecule is Nc1nc(C(=NOC2C=CCCC2)C(=O)NC2C(=O)N3C(C(=O)O)=C(CSc4nnnn4CCC(=O)O)CS[C@H]23)ns1. The van der Waals surface area contributed by atoms with Gasteiger partial charge in [0.15, 0.2) is 5.13 Å². The summed E-state index contributed by atoms with van der Waals surface area (Å²) in [6, 6.07) is -1.02. The van der Waals surface area contributed by atoms with Crippen LogP contribution >= 0.6 is 35.1 Å². The molecule has 2 amide bonds. The van der Waals surface area contributed by atoms with Gasteiger partial charge in [0, 0.05) is 23.0 Å². The number of hydrogen-bond acceptors (Lipinski definition) is 15. The summed E-state index contributed by atoms with van der Waals surface area (Å²) in [5.41, 5.74) is 5.72. The van der Waals surface area contributed by atoms with Gasteiger partial charge in [0.25, 0.3) is 11.8 Å². The minimum atomic E-state index is -1.29. The fourth-order valence-corrected chi connectivity index (χ4v) is 7.12. The molecule has 17 nitrogen and oxygen atoms in total. The van der Waals surface area contributed by atoms with Crippen molar-refractivity contribution in [3.05, 3.63) is 29.2 Å². The number of hydrogen-bond donors (Lipinski definition) is 4. The van der Waals surface area contributed by atoms with Crippen LogP contribution < -0.4 is 11.1 Å². The number of nitrogens with one attached hydrogen (secondary N) is 1. The maximum absolute atomic E-state index is 13.3. The number of carboxylic acids is 2. The average molecular weight is 637 g/mol. The third-order valence-electron chi connectivity index (χ3n) is 6.31. The predicted molar refractivity (Wildman–Crippen MR) is 149 cm³/mol. The van der Waals surface area contributed by atoms with Gasteiger partial charge in [0.1, 0.15) is 23.2 Å². The van der Waals surface area contributed by atoms with Crippen molar-refractivity contribution in [1.29, 1.82) is 0 Å². The summed E-state index contributed by atoms with van der Waals surface area (Å²) in [5.74, 6) is -3.31. The molecule has 1 saturated heterocycles. The molecule has 0 aromatic carbocycles. The molecular formula is C22H24N10O7S3. The average Bonchev–Trinajstić information content (AvgIpc) is 3.62. The molecular weight excluding hydrogens is 613 g/mol. The number of anilines is 1. The van der Waals surface area contributed by atoms with E-state index in [0.717, 1.165) is 47.5 Å². The fraction of sp³-hybridized carbons (Fsp3) is 0.455. The number of aromatic nitrogens is 6. The second kappa shape index (κ2) is 12.9. The highest BCUT2D eigenvalue weighted by Crippen LogP contribution is 2.41. The van der Waals surface area contributed by atoms with Crippen LogP contribution in [-0.2, 0) is 30.6 Å². The van der Waals surface area contributed by atoms with E-state index in [9.17, 15) is 24.3 Å². The molecule has 2 unspecified atom stereocenters. The highest BCUT2D eigenvalue weighted by molar-refractivity contribution is 8.01. The van der Waals surface area contributed by atoms with Crippen LogP contribution in [0.25, 0.3) is 0 Å². The number of aliphatic carboxylic acids is 2. The molecule has 222 valence electrons. The Bertz CT molecular complexity index is 1490. The summed E-state index contributed by atoms with van der Waals surface area (Å²) in [5, 5.41) is 36.5. The van der Waals surface area contributed by atoms with Gasteiger partial charge >= 0.3 is 11.9 Å². The van der Waals surface area contributed by atoms with E-state index in [1.165, 1.54) is 16.4 Å². The number of thioether (sulfide) groups is 2. The van der Waals surface area contributed by atoms with E-state index in [0.29, 0.717) is 10.7 Å². The van der Waals surface area contributed by atoms with Crippen molar-refractivity contribution in [3.63, 3.8) is 0 Å². The molecule has 5 rings (SSSR count). The van der Waals surface area contributed by atoms with E-state index in [2.05, 4.69) is 35.4 Å². The number of carboxylic acid groups (broad SMARTS) is 2. The number of nitrogens with zero attached hydrogens (tertiary/aromatic N) is 8. The minimum absolute atomic E-state index is 0.0501. The number of rotatable bonds is 12. The molecule has 5 N–H and O–H groups in total. The number of carbonyl (C=O) groups is 4. The number of allylic oxidation sites excluding steroid dienone is 1. The molecule has 3 atom stereocenters. The fourth-order valence-electron chi connectivity index (χ4n) is 4.30. The van der Waals surface area contributed by atoms with E-state index >= 15 is 0 Å². The zero-order valence-electron chi connectivity index (χ0n) is 21.7. The van der Waals surface area contributed by atoms with Gasteiger partial charge in [-0.1, -0.05) is 23.0 Å². The number of amides is 2. The number of aryl methyl sites for hydroxylation is 1. The van der Waals surface area contributed by atoms with Crippen LogP contribution in [0.5, 0.6) is 0 Å². The first-order valence-electron chi connectivity index (χ1n) is 12.5. The van der Waals surface area contributed by atoms with Crippen LogP contribution in [0, 0.1) is 0 Å². The second-order valence-electron chi connectivity index (χ2n) is 9.13. The quantitative estimate of drug-likeness (QED) is 0.0784. The van der Waals surface area contributed by atoms with Gasteiger partial charge in [0.05, 0.1) is 13.0 Å². The third kappa shape index (κ3) is 6.39. The summed E-state index contributed by atoms with van der Waals surface area (Å²) in [6.07, 6.45) is 5.87. The Morgan fingerprint density at radius 3 is 2.83 bits per heavy atom. The Balaban J connectivity index is 1.28. The van der Waals surface area contributed by atoms with E-state index in [4.69, 9.17) is 15.7 Å². The van der Waals surface area contributed by atoms with Gasteiger partial charge in [-0.25, -0.2) is 9.48 Å². The Kier molecular flexibility index (Phi) is 9.02. The van der Waals surface area contributed by atoms with Gasteiger partial charge < -0.3 is 26.1 Å². The number of oxime groups is 1. The lowest BCUT2D eigenvalue weighted by molar-refractivity contribution is -0.150. The molecule has 20 heteroatoms. The topological polar surface area (TPSA) is 241 Å². The molecule has 3 aliphatic rings. The molecule has 2 aromatic heterocycles. The first-order chi connectivity index (χ1) is 20.2. The van der Waals surface area contributed by atoms with Crippen molar-refractivity contribution in [2.75, 3.05) is 17.2 Å². The van der Waals surface area contributed by atoms with Crippen LogP contribution in [-0.4, -0.2) is 103 Å². The minimum Gasteiger partial charge on any atom is -0.481 e. The molecule has 2 aliphatic heterocycles.